The molecule has 2 aromatic carbocycles. The predicted octanol–water partition coefficient (Wildman–Crippen LogP) is 2.05. The molecule has 2 N–H and O–H groups in total. The third-order valence-electron chi connectivity index (χ3n) is 3.72. The van der Waals surface area contributed by atoms with Crippen molar-refractivity contribution in [3.63, 3.8) is 0 Å². The van der Waals surface area contributed by atoms with Gasteiger partial charge in [-0.3, -0.25) is 0 Å². The summed E-state index contributed by atoms with van der Waals surface area (Å²) >= 11 is 0. The third kappa shape index (κ3) is 3.83. The molecule has 1 atom stereocenters. The van der Waals surface area contributed by atoms with E-state index in [2.05, 4.69) is 0 Å². The Morgan fingerprint density at radius 3 is 2.30 bits per heavy atom. The SMILES string of the molecule is COc1ccc(CC(CN)S(=O)(=O)c2ccccc2)c(OC)c1. The number of hydrogen-bond donors (Lipinski definition) is 1. The molecule has 6 heteroatoms. The summed E-state index contributed by atoms with van der Waals surface area (Å²) in [7, 11) is -0.392. The molecule has 2 aromatic rings. The minimum atomic E-state index is -3.50. The van der Waals surface area contributed by atoms with E-state index >= 15 is 0 Å². The van der Waals surface area contributed by atoms with E-state index < -0.39 is 15.1 Å². The monoisotopic (exact) mass is 335 g/mol. The van der Waals surface area contributed by atoms with Crippen molar-refractivity contribution in [1.29, 1.82) is 0 Å². The van der Waals surface area contributed by atoms with Crippen LogP contribution in [0.2, 0.25) is 0 Å². The topological polar surface area (TPSA) is 78.6 Å². The molecule has 0 aliphatic rings. The minimum absolute atomic E-state index is 0.0341. The molecule has 0 saturated heterocycles. The van der Waals surface area contributed by atoms with Crippen LogP contribution in [-0.2, 0) is 16.3 Å². The van der Waals surface area contributed by atoms with E-state index in [0.29, 0.717) is 11.5 Å². The van der Waals surface area contributed by atoms with Crippen LogP contribution >= 0.6 is 0 Å². The molecule has 1 unspecified atom stereocenters. The molecule has 124 valence electrons. The number of methoxy groups -OCH3 is 2. The maximum absolute atomic E-state index is 12.7. The highest BCUT2D eigenvalue weighted by Gasteiger charge is 2.27. The van der Waals surface area contributed by atoms with Crippen molar-refractivity contribution in [1.82, 2.24) is 0 Å². The van der Waals surface area contributed by atoms with Gasteiger partial charge in [-0.05, 0) is 30.2 Å². The molecule has 2 rings (SSSR count). The maximum atomic E-state index is 12.7. The van der Waals surface area contributed by atoms with Crippen molar-refractivity contribution in [3.8, 4) is 11.5 Å². The molecule has 23 heavy (non-hydrogen) atoms. The standard InChI is InChI=1S/C17H21NO4S/c1-21-14-9-8-13(17(11-14)22-2)10-16(12-18)23(19,20)15-6-4-3-5-7-15/h3-9,11,16H,10,12,18H2,1-2H3. The van der Waals surface area contributed by atoms with E-state index in [1.54, 1.807) is 62.8 Å². The normalized spacial score (nSPS) is 12.7. The summed E-state index contributed by atoms with van der Waals surface area (Å²) in [6.45, 7) is 0.0341. The van der Waals surface area contributed by atoms with Gasteiger partial charge in [-0.2, -0.15) is 0 Å². The number of hydrogen-bond acceptors (Lipinski definition) is 5. The van der Waals surface area contributed by atoms with Crippen molar-refractivity contribution < 1.29 is 17.9 Å². The van der Waals surface area contributed by atoms with Gasteiger partial charge in [-0.25, -0.2) is 8.42 Å². The zero-order valence-electron chi connectivity index (χ0n) is 13.2. The highest BCUT2D eigenvalue weighted by molar-refractivity contribution is 7.92. The predicted molar refractivity (Wildman–Crippen MR) is 89.7 cm³/mol. The molecular weight excluding hydrogens is 314 g/mol. The molecule has 0 heterocycles. The lowest BCUT2D eigenvalue weighted by Crippen LogP contribution is -2.32. The minimum Gasteiger partial charge on any atom is -0.497 e. The molecule has 0 amide bonds. The van der Waals surface area contributed by atoms with Gasteiger partial charge in [0.15, 0.2) is 9.84 Å². The lowest BCUT2D eigenvalue weighted by molar-refractivity contribution is 0.390. The molecule has 0 radical (unpaired) electrons. The second-order valence-corrected chi connectivity index (χ2v) is 7.33. The van der Waals surface area contributed by atoms with Crippen LogP contribution in [-0.4, -0.2) is 34.4 Å². The Hall–Kier alpha value is -2.05. The van der Waals surface area contributed by atoms with E-state index in [0.717, 1.165) is 5.56 Å². The molecule has 0 aliphatic heterocycles. The fourth-order valence-electron chi connectivity index (χ4n) is 2.39. The van der Waals surface area contributed by atoms with Crippen LogP contribution in [0.5, 0.6) is 11.5 Å². The van der Waals surface area contributed by atoms with Crippen LogP contribution < -0.4 is 15.2 Å². The highest BCUT2D eigenvalue weighted by atomic mass is 32.2. The zero-order chi connectivity index (χ0) is 16.9. The quantitative estimate of drug-likeness (QED) is 0.838. The molecule has 0 fully saturated rings. The van der Waals surface area contributed by atoms with E-state index in [-0.39, 0.29) is 17.9 Å². The second-order valence-electron chi connectivity index (χ2n) is 5.10. The van der Waals surface area contributed by atoms with E-state index in [1.807, 2.05) is 0 Å². The Balaban J connectivity index is 2.33. The van der Waals surface area contributed by atoms with E-state index in [9.17, 15) is 8.42 Å². The van der Waals surface area contributed by atoms with Gasteiger partial charge in [0.05, 0.1) is 24.4 Å². The van der Waals surface area contributed by atoms with Crippen LogP contribution in [0.1, 0.15) is 5.56 Å². The van der Waals surface area contributed by atoms with Gasteiger partial charge < -0.3 is 15.2 Å². The van der Waals surface area contributed by atoms with Crippen LogP contribution in [0.15, 0.2) is 53.4 Å². The molecule has 0 saturated carbocycles. The summed E-state index contributed by atoms with van der Waals surface area (Å²) in [5, 5.41) is -0.716. The molecule has 0 bridgehead atoms. The molecule has 0 aromatic heterocycles. The number of ether oxygens (including phenoxy) is 2. The average molecular weight is 335 g/mol. The average Bonchev–Trinajstić information content (AvgIpc) is 2.60. The summed E-state index contributed by atoms with van der Waals surface area (Å²) in [4.78, 5) is 0.280. The smallest absolute Gasteiger partial charge is 0.182 e. The first kappa shape index (κ1) is 17.3. The second kappa shape index (κ2) is 7.48. The van der Waals surface area contributed by atoms with Gasteiger partial charge in [0.25, 0.3) is 0 Å². The molecule has 5 nitrogen and oxygen atoms in total. The van der Waals surface area contributed by atoms with Crippen molar-refractivity contribution in [2.24, 2.45) is 5.73 Å². The van der Waals surface area contributed by atoms with E-state index in [1.165, 1.54) is 0 Å². The first-order chi connectivity index (χ1) is 11.0. The number of nitrogens with two attached hydrogens (primary N) is 1. The van der Waals surface area contributed by atoms with E-state index in [4.69, 9.17) is 15.2 Å². The number of benzene rings is 2. The van der Waals surface area contributed by atoms with Crippen LogP contribution in [0.3, 0.4) is 0 Å². The Kier molecular flexibility index (Phi) is 5.63. The van der Waals surface area contributed by atoms with Crippen molar-refractivity contribution in [2.75, 3.05) is 20.8 Å². The van der Waals surface area contributed by atoms with Crippen LogP contribution in [0.4, 0.5) is 0 Å². The Labute approximate surface area is 137 Å². The summed E-state index contributed by atoms with van der Waals surface area (Å²) in [5.74, 6) is 1.24. The van der Waals surface area contributed by atoms with Crippen molar-refractivity contribution in [3.05, 3.63) is 54.1 Å². The third-order valence-corrected chi connectivity index (χ3v) is 5.88. The van der Waals surface area contributed by atoms with Crippen molar-refractivity contribution >= 4 is 9.84 Å². The Bertz CT molecular complexity index is 744. The van der Waals surface area contributed by atoms with Gasteiger partial charge >= 0.3 is 0 Å². The Morgan fingerprint density at radius 1 is 1.04 bits per heavy atom. The lowest BCUT2D eigenvalue weighted by atomic mass is 10.1. The first-order valence-electron chi connectivity index (χ1n) is 7.22. The zero-order valence-corrected chi connectivity index (χ0v) is 14.0. The fourth-order valence-corrected chi connectivity index (χ4v) is 3.96. The highest BCUT2D eigenvalue weighted by Crippen LogP contribution is 2.28. The van der Waals surface area contributed by atoms with Gasteiger partial charge in [0.2, 0.25) is 0 Å². The number of sulfone groups is 1. The summed E-state index contributed by atoms with van der Waals surface area (Å²) in [6.07, 6.45) is 0.279. The van der Waals surface area contributed by atoms with Gasteiger partial charge in [-0.1, -0.05) is 24.3 Å². The number of rotatable bonds is 7. The van der Waals surface area contributed by atoms with Gasteiger partial charge in [0.1, 0.15) is 11.5 Å². The fraction of sp³-hybridized carbons (Fsp3) is 0.294. The molecule has 0 spiro atoms. The Morgan fingerprint density at radius 2 is 1.74 bits per heavy atom. The largest absolute Gasteiger partial charge is 0.497 e. The van der Waals surface area contributed by atoms with Crippen LogP contribution in [0, 0.1) is 0 Å². The van der Waals surface area contributed by atoms with Crippen molar-refractivity contribution in [2.45, 2.75) is 16.6 Å². The molecular formula is C17H21NO4S. The lowest BCUT2D eigenvalue weighted by Gasteiger charge is -2.18. The first-order valence-corrected chi connectivity index (χ1v) is 8.77. The van der Waals surface area contributed by atoms with Crippen LogP contribution in [0.25, 0.3) is 0 Å². The van der Waals surface area contributed by atoms with Gasteiger partial charge in [-0.15, -0.1) is 0 Å². The maximum Gasteiger partial charge on any atom is 0.182 e. The summed E-state index contributed by atoms with van der Waals surface area (Å²) in [6, 6.07) is 13.7. The van der Waals surface area contributed by atoms with Gasteiger partial charge in [0, 0.05) is 12.6 Å². The molecule has 0 aliphatic carbocycles. The summed E-state index contributed by atoms with van der Waals surface area (Å²) < 4.78 is 36.0. The summed E-state index contributed by atoms with van der Waals surface area (Å²) in [5.41, 5.74) is 6.53.